The maximum absolute atomic E-state index is 13.0. The molecule has 1 atom stereocenters. The molecule has 0 aliphatic carbocycles. The third-order valence-electron chi connectivity index (χ3n) is 4.55. The summed E-state index contributed by atoms with van der Waals surface area (Å²) in [6, 6.07) is 24.5. The zero-order chi connectivity index (χ0) is 16.6. The second kappa shape index (κ2) is 5.53. The third kappa shape index (κ3) is 2.17. The largest absolute Gasteiger partial charge is 0.508 e. The first-order valence-corrected chi connectivity index (χ1v) is 7.85. The van der Waals surface area contributed by atoms with E-state index in [-0.39, 0.29) is 11.7 Å². The van der Waals surface area contributed by atoms with Crippen LogP contribution < -0.4 is 4.74 Å². The SMILES string of the molecule is O=C1Oc2cc(O)ccc2C1(Cc1ccccc1)c1ccccc1. The van der Waals surface area contributed by atoms with Crippen molar-refractivity contribution in [1.82, 2.24) is 0 Å². The average Bonchev–Trinajstić information content (AvgIpc) is 2.88. The summed E-state index contributed by atoms with van der Waals surface area (Å²) < 4.78 is 5.53. The predicted octanol–water partition coefficient (Wildman–Crippen LogP) is 3.84. The highest BCUT2D eigenvalue weighted by Crippen LogP contribution is 2.47. The quantitative estimate of drug-likeness (QED) is 0.590. The van der Waals surface area contributed by atoms with Crippen molar-refractivity contribution in [2.45, 2.75) is 11.8 Å². The van der Waals surface area contributed by atoms with Crippen LogP contribution in [0, 0.1) is 0 Å². The number of carbonyl (C=O) groups excluding carboxylic acids is 1. The van der Waals surface area contributed by atoms with Crippen molar-refractivity contribution in [3.05, 3.63) is 95.6 Å². The third-order valence-corrected chi connectivity index (χ3v) is 4.55. The Hall–Kier alpha value is -3.07. The fourth-order valence-corrected chi connectivity index (χ4v) is 3.41. The van der Waals surface area contributed by atoms with E-state index in [2.05, 4.69) is 0 Å². The molecule has 1 unspecified atom stereocenters. The molecular weight excluding hydrogens is 300 g/mol. The lowest BCUT2D eigenvalue weighted by molar-refractivity contribution is -0.136. The van der Waals surface area contributed by atoms with Gasteiger partial charge in [0.25, 0.3) is 0 Å². The Kier molecular flexibility index (Phi) is 3.35. The average molecular weight is 316 g/mol. The maximum Gasteiger partial charge on any atom is 0.326 e. The fourth-order valence-electron chi connectivity index (χ4n) is 3.41. The van der Waals surface area contributed by atoms with Gasteiger partial charge in [0.1, 0.15) is 16.9 Å². The van der Waals surface area contributed by atoms with Crippen LogP contribution in [0.15, 0.2) is 78.9 Å². The molecular formula is C21H16O3. The smallest absolute Gasteiger partial charge is 0.326 e. The van der Waals surface area contributed by atoms with E-state index >= 15 is 0 Å². The van der Waals surface area contributed by atoms with Crippen LogP contribution in [-0.4, -0.2) is 11.1 Å². The molecule has 1 heterocycles. The van der Waals surface area contributed by atoms with Gasteiger partial charge in [0.2, 0.25) is 0 Å². The summed E-state index contributed by atoms with van der Waals surface area (Å²) in [5.41, 5.74) is 1.84. The normalized spacial score (nSPS) is 18.9. The first kappa shape index (κ1) is 14.5. The molecule has 0 spiro atoms. The Bertz CT molecular complexity index is 887. The summed E-state index contributed by atoms with van der Waals surface area (Å²) in [4.78, 5) is 13.0. The Morgan fingerprint density at radius 1 is 0.875 bits per heavy atom. The van der Waals surface area contributed by atoms with E-state index in [0.29, 0.717) is 12.2 Å². The Labute approximate surface area is 140 Å². The molecule has 0 aromatic heterocycles. The van der Waals surface area contributed by atoms with Gasteiger partial charge in [0.15, 0.2) is 0 Å². The molecule has 1 aliphatic rings. The van der Waals surface area contributed by atoms with E-state index in [1.165, 1.54) is 6.07 Å². The monoisotopic (exact) mass is 316 g/mol. The zero-order valence-electron chi connectivity index (χ0n) is 13.0. The summed E-state index contributed by atoms with van der Waals surface area (Å²) >= 11 is 0. The Morgan fingerprint density at radius 3 is 2.25 bits per heavy atom. The Morgan fingerprint density at radius 2 is 1.54 bits per heavy atom. The van der Waals surface area contributed by atoms with E-state index in [0.717, 1.165) is 16.7 Å². The summed E-state index contributed by atoms with van der Waals surface area (Å²) in [6.45, 7) is 0. The minimum absolute atomic E-state index is 0.0881. The van der Waals surface area contributed by atoms with Gasteiger partial charge in [-0.3, -0.25) is 4.79 Å². The molecule has 0 amide bonds. The number of hydrogen-bond donors (Lipinski definition) is 1. The number of rotatable bonds is 3. The van der Waals surface area contributed by atoms with Gasteiger partial charge in [0, 0.05) is 11.6 Å². The number of fused-ring (bicyclic) bond motifs is 1. The van der Waals surface area contributed by atoms with Crippen LogP contribution in [0.2, 0.25) is 0 Å². The van der Waals surface area contributed by atoms with E-state index in [1.54, 1.807) is 12.1 Å². The molecule has 1 aliphatic heterocycles. The van der Waals surface area contributed by atoms with Crippen molar-refractivity contribution in [3.8, 4) is 11.5 Å². The summed E-state index contributed by atoms with van der Waals surface area (Å²) in [7, 11) is 0. The molecule has 4 rings (SSSR count). The highest BCUT2D eigenvalue weighted by molar-refractivity contribution is 5.95. The number of carbonyl (C=O) groups is 1. The molecule has 3 aromatic carbocycles. The van der Waals surface area contributed by atoms with E-state index in [4.69, 9.17) is 4.74 Å². The van der Waals surface area contributed by atoms with E-state index < -0.39 is 5.41 Å². The first-order valence-electron chi connectivity index (χ1n) is 7.85. The van der Waals surface area contributed by atoms with Crippen LogP contribution in [0.5, 0.6) is 11.5 Å². The van der Waals surface area contributed by atoms with Gasteiger partial charge in [-0.25, -0.2) is 0 Å². The van der Waals surface area contributed by atoms with Crippen LogP contribution in [0.1, 0.15) is 16.7 Å². The minimum Gasteiger partial charge on any atom is -0.508 e. The number of phenolic OH excluding ortho intramolecular Hbond substituents is 1. The molecule has 0 bridgehead atoms. The molecule has 24 heavy (non-hydrogen) atoms. The number of phenols is 1. The predicted molar refractivity (Wildman–Crippen MR) is 91.1 cm³/mol. The van der Waals surface area contributed by atoms with Crippen molar-refractivity contribution < 1.29 is 14.6 Å². The number of aromatic hydroxyl groups is 1. The molecule has 0 radical (unpaired) electrons. The van der Waals surface area contributed by atoms with Crippen molar-refractivity contribution in [2.75, 3.05) is 0 Å². The van der Waals surface area contributed by atoms with Crippen LogP contribution in [0.4, 0.5) is 0 Å². The second-order valence-corrected chi connectivity index (χ2v) is 6.00. The molecule has 3 aromatic rings. The molecule has 0 saturated heterocycles. The van der Waals surface area contributed by atoms with Crippen molar-refractivity contribution in [3.63, 3.8) is 0 Å². The number of hydrogen-bond acceptors (Lipinski definition) is 3. The van der Waals surface area contributed by atoms with Gasteiger partial charge in [-0.05, 0) is 23.6 Å². The number of benzene rings is 3. The van der Waals surface area contributed by atoms with E-state index in [1.807, 2.05) is 60.7 Å². The second-order valence-electron chi connectivity index (χ2n) is 6.00. The lowest BCUT2D eigenvalue weighted by atomic mass is 9.71. The highest BCUT2D eigenvalue weighted by Gasteiger charge is 2.50. The fraction of sp³-hybridized carbons (Fsp3) is 0.0952. The highest BCUT2D eigenvalue weighted by atomic mass is 16.5. The first-order chi connectivity index (χ1) is 11.7. The van der Waals surface area contributed by atoms with Crippen LogP contribution >= 0.6 is 0 Å². The standard InChI is InChI=1S/C21H16O3/c22-17-11-12-18-19(13-17)24-20(23)21(18,16-9-5-2-6-10-16)14-15-7-3-1-4-8-15/h1-13,22H,14H2. The zero-order valence-corrected chi connectivity index (χ0v) is 13.0. The summed E-state index contributed by atoms with van der Waals surface area (Å²) in [6.07, 6.45) is 0.508. The van der Waals surface area contributed by atoms with Gasteiger partial charge in [-0.1, -0.05) is 66.7 Å². The van der Waals surface area contributed by atoms with Gasteiger partial charge in [-0.2, -0.15) is 0 Å². The molecule has 3 nitrogen and oxygen atoms in total. The number of esters is 1. The van der Waals surface area contributed by atoms with E-state index in [9.17, 15) is 9.90 Å². The molecule has 0 saturated carbocycles. The van der Waals surface area contributed by atoms with Gasteiger partial charge >= 0.3 is 5.97 Å². The topological polar surface area (TPSA) is 46.5 Å². The van der Waals surface area contributed by atoms with Crippen molar-refractivity contribution in [2.24, 2.45) is 0 Å². The summed E-state index contributed by atoms with van der Waals surface area (Å²) in [5, 5.41) is 9.72. The molecule has 1 N–H and O–H groups in total. The molecule has 0 fully saturated rings. The maximum atomic E-state index is 13.0. The Balaban J connectivity index is 1.94. The van der Waals surface area contributed by atoms with Crippen LogP contribution in [0.25, 0.3) is 0 Å². The van der Waals surface area contributed by atoms with Crippen LogP contribution in [0.3, 0.4) is 0 Å². The molecule has 3 heteroatoms. The van der Waals surface area contributed by atoms with Crippen molar-refractivity contribution >= 4 is 5.97 Å². The minimum atomic E-state index is -0.897. The lowest BCUT2D eigenvalue weighted by Gasteiger charge is -2.27. The number of ether oxygens (including phenoxy) is 1. The van der Waals surface area contributed by atoms with Gasteiger partial charge < -0.3 is 9.84 Å². The lowest BCUT2D eigenvalue weighted by Crippen LogP contribution is -2.37. The van der Waals surface area contributed by atoms with Gasteiger partial charge in [0.05, 0.1) is 0 Å². The summed E-state index contributed by atoms with van der Waals surface area (Å²) in [5.74, 6) is 0.211. The molecule has 118 valence electrons. The van der Waals surface area contributed by atoms with Gasteiger partial charge in [-0.15, -0.1) is 0 Å². The van der Waals surface area contributed by atoms with Crippen LogP contribution in [-0.2, 0) is 16.6 Å². The van der Waals surface area contributed by atoms with Crippen molar-refractivity contribution in [1.29, 1.82) is 0 Å².